The van der Waals surface area contributed by atoms with Crippen molar-refractivity contribution >= 4 is 5.91 Å². The van der Waals surface area contributed by atoms with Crippen LogP contribution in [0.5, 0.6) is 0 Å². The summed E-state index contributed by atoms with van der Waals surface area (Å²) in [6.45, 7) is 1.79. The van der Waals surface area contributed by atoms with Gasteiger partial charge in [0.15, 0.2) is 0 Å². The number of nitrogens with zero attached hydrogens (tertiary/aromatic N) is 2. The van der Waals surface area contributed by atoms with Gasteiger partial charge in [-0.1, -0.05) is 19.3 Å². The molecular formula is C15H29N3O. The van der Waals surface area contributed by atoms with Crippen molar-refractivity contribution in [2.75, 3.05) is 27.2 Å². The quantitative estimate of drug-likeness (QED) is 0.845. The zero-order valence-corrected chi connectivity index (χ0v) is 12.5. The zero-order valence-electron chi connectivity index (χ0n) is 12.5. The van der Waals surface area contributed by atoms with Gasteiger partial charge in [0, 0.05) is 31.1 Å². The molecule has 1 aliphatic carbocycles. The Morgan fingerprint density at radius 2 is 1.95 bits per heavy atom. The molecule has 0 aromatic heterocycles. The van der Waals surface area contributed by atoms with Crippen LogP contribution in [0.3, 0.4) is 0 Å². The number of hydrogen-bond acceptors (Lipinski definition) is 3. The van der Waals surface area contributed by atoms with Crippen LogP contribution in [0.4, 0.5) is 0 Å². The van der Waals surface area contributed by atoms with Crippen LogP contribution in [0.15, 0.2) is 0 Å². The Labute approximate surface area is 117 Å². The Balaban J connectivity index is 1.88. The van der Waals surface area contributed by atoms with E-state index in [2.05, 4.69) is 19.0 Å². The highest BCUT2D eigenvalue weighted by Crippen LogP contribution is 2.29. The van der Waals surface area contributed by atoms with Gasteiger partial charge in [0.25, 0.3) is 0 Å². The van der Waals surface area contributed by atoms with E-state index in [1.807, 2.05) is 4.90 Å². The Hall–Kier alpha value is -0.610. The maximum absolute atomic E-state index is 12.5. The molecule has 0 aromatic rings. The van der Waals surface area contributed by atoms with E-state index in [-0.39, 0.29) is 11.4 Å². The molecule has 1 heterocycles. The van der Waals surface area contributed by atoms with Gasteiger partial charge in [-0.2, -0.15) is 0 Å². The normalized spacial score (nSPS) is 27.6. The fourth-order valence-corrected chi connectivity index (χ4v) is 3.45. The summed E-state index contributed by atoms with van der Waals surface area (Å²) >= 11 is 0. The van der Waals surface area contributed by atoms with Crippen LogP contribution in [-0.4, -0.2) is 54.5 Å². The Bertz CT molecular complexity index is 311. The van der Waals surface area contributed by atoms with Crippen molar-refractivity contribution in [1.29, 1.82) is 0 Å². The number of carbonyl (C=O) groups is 1. The molecule has 2 rings (SSSR count). The van der Waals surface area contributed by atoms with E-state index in [4.69, 9.17) is 5.73 Å². The van der Waals surface area contributed by atoms with Crippen molar-refractivity contribution in [3.8, 4) is 0 Å². The molecule has 110 valence electrons. The summed E-state index contributed by atoms with van der Waals surface area (Å²) < 4.78 is 0. The minimum atomic E-state index is -0.222. The summed E-state index contributed by atoms with van der Waals surface area (Å²) in [4.78, 5) is 16.7. The summed E-state index contributed by atoms with van der Waals surface area (Å²) in [5, 5.41) is 0. The molecule has 2 aliphatic rings. The van der Waals surface area contributed by atoms with E-state index in [1.165, 1.54) is 25.7 Å². The predicted molar refractivity (Wildman–Crippen MR) is 77.9 cm³/mol. The van der Waals surface area contributed by atoms with Gasteiger partial charge in [-0.15, -0.1) is 0 Å². The Kier molecular flexibility index (Phi) is 4.85. The minimum Gasteiger partial charge on any atom is -0.341 e. The molecular weight excluding hydrogens is 238 g/mol. The van der Waals surface area contributed by atoms with E-state index in [1.54, 1.807) is 0 Å². The second-order valence-corrected chi connectivity index (χ2v) is 6.70. The first-order chi connectivity index (χ1) is 9.00. The third kappa shape index (κ3) is 3.93. The number of carbonyl (C=O) groups excluding carboxylic acids is 1. The number of piperidine rings is 1. The number of likely N-dealkylation sites (N-methyl/N-ethyl adjacent to an activating group) is 1. The highest BCUT2D eigenvalue weighted by molar-refractivity contribution is 5.77. The number of nitrogens with two attached hydrogens (primary N) is 1. The highest BCUT2D eigenvalue weighted by atomic mass is 16.2. The third-order valence-corrected chi connectivity index (χ3v) is 4.83. The Morgan fingerprint density at radius 3 is 2.58 bits per heavy atom. The summed E-state index contributed by atoms with van der Waals surface area (Å²) in [5.74, 6) is 0.274. The predicted octanol–water partition coefficient (Wildman–Crippen LogP) is 1.59. The highest BCUT2D eigenvalue weighted by Gasteiger charge is 2.33. The molecule has 4 nitrogen and oxygen atoms in total. The molecule has 4 heteroatoms. The molecule has 2 N–H and O–H groups in total. The average molecular weight is 267 g/mol. The third-order valence-electron chi connectivity index (χ3n) is 4.83. The van der Waals surface area contributed by atoms with Gasteiger partial charge in [0.2, 0.25) is 5.91 Å². The lowest BCUT2D eigenvalue weighted by molar-refractivity contribution is -0.134. The molecule has 1 aliphatic heterocycles. The average Bonchev–Trinajstić information content (AvgIpc) is 2.39. The number of rotatable bonds is 3. The maximum Gasteiger partial charge on any atom is 0.224 e. The van der Waals surface area contributed by atoms with E-state index in [9.17, 15) is 4.79 Å². The van der Waals surface area contributed by atoms with Crippen molar-refractivity contribution in [2.45, 2.75) is 62.9 Å². The zero-order chi connectivity index (χ0) is 13.9. The topological polar surface area (TPSA) is 49.6 Å². The van der Waals surface area contributed by atoms with Crippen LogP contribution in [0, 0.1) is 0 Å². The summed E-state index contributed by atoms with van der Waals surface area (Å²) in [7, 11) is 4.20. The summed E-state index contributed by atoms with van der Waals surface area (Å²) in [6.07, 6.45) is 8.55. The molecule has 1 unspecified atom stereocenters. The molecule has 0 aromatic carbocycles. The Morgan fingerprint density at radius 1 is 1.26 bits per heavy atom. The molecule has 1 saturated carbocycles. The van der Waals surface area contributed by atoms with Gasteiger partial charge in [0.05, 0.1) is 0 Å². The first-order valence-electron chi connectivity index (χ1n) is 7.73. The van der Waals surface area contributed by atoms with E-state index < -0.39 is 0 Å². The number of amides is 1. The standard InChI is InChI=1S/C15H29N3O/c1-17(2)13-7-6-10-18(12-13)14(19)11-15(16)8-4-3-5-9-15/h13H,3-12,16H2,1-2H3. The van der Waals surface area contributed by atoms with E-state index in [0.717, 1.165) is 32.4 Å². The van der Waals surface area contributed by atoms with Crippen molar-refractivity contribution in [3.05, 3.63) is 0 Å². The summed E-state index contributed by atoms with van der Waals surface area (Å²) in [5.41, 5.74) is 6.18. The van der Waals surface area contributed by atoms with Crippen LogP contribution in [0.1, 0.15) is 51.4 Å². The van der Waals surface area contributed by atoms with E-state index in [0.29, 0.717) is 12.5 Å². The SMILES string of the molecule is CN(C)C1CCCN(C(=O)CC2(N)CCCCC2)C1. The molecule has 1 atom stereocenters. The molecule has 0 bridgehead atoms. The fourth-order valence-electron chi connectivity index (χ4n) is 3.45. The van der Waals surface area contributed by atoms with Crippen LogP contribution >= 0.6 is 0 Å². The monoisotopic (exact) mass is 267 g/mol. The second-order valence-electron chi connectivity index (χ2n) is 6.70. The first-order valence-corrected chi connectivity index (χ1v) is 7.73. The lowest BCUT2D eigenvalue weighted by Crippen LogP contribution is -2.51. The van der Waals surface area contributed by atoms with Crippen molar-refractivity contribution in [2.24, 2.45) is 5.73 Å². The summed E-state index contributed by atoms with van der Waals surface area (Å²) in [6, 6.07) is 0.512. The van der Waals surface area contributed by atoms with Gasteiger partial charge in [-0.3, -0.25) is 4.79 Å². The molecule has 2 fully saturated rings. The fraction of sp³-hybridized carbons (Fsp3) is 0.933. The lowest BCUT2D eigenvalue weighted by Gasteiger charge is -2.39. The van der Waals surface area contributed by atoms with Crippen molar-refractivity contribution < 1.29 is 4.79 Å². The van der Waals surface area contributed by atoms with Crippen molar-refractivity contribution in [1.82, 2.24) is 9.80 Å². The first kappa shape index (κ1) is 14.8. The van der Waals surface area contributed by atoms with Gasteiger partial charge in [-0.05, 0) is 39.8 Å². The maximum atomic E-state index is 12.5. The van der Waals surface area contributed by atoms with Gasteiger partial charge in [-0.25, -0.2) is 0 Å². The van der Waals surface area contributed by atoms with Crippen LogP contribution in [0.25, 0.3) is 0 Å². The van der Waals surface area contributed by atoms with Crippen LogP contribution < -0.4 is 5.73 Å². The van der Waals surface area contributed by atoms with E-state index >= 15 is 0 Å². The lowest BCUT2D eigenvalue weighted by atomic mass is 9.80. The largest absolute Gasteiger partial charge is 0.341 e. The van der Waals surface area contributed by atoms with Crippen LogP contribution in [0.2, 0.25) is 0 Å². The number of likely N-dealkylation sites (tertiary alicyclic amines) is 1. The second kappa shape index (κ2) is 6.23. The van der Waals surface area contributed by atoms with Gasteiger partial charge in [0.1, 0.15) is 0 Å². The molecule has 1 amide bonds. The molecule has 0 spiro atoms. The number of hydrogen-bond donors (Lipinski definition) is 1. The molecule has 0 radical (unpaired) electrons. The van der Waals surface area contributed by atoms with Gasteiger partial charge < -0.3 is 15.5 Å². The van der Waals surface area contributed by atoms with Crippen LogP contribution in [-0.2, 0) is 4.79 Å². The molecule has 19 heavy (non-hydrogen) atoms. The van der Waals surface area contributed by atoms with Gasteiger partial charge >= 0.3 is 0 Å². The minimum absolute atomic E-state index is 0.222. The smallest absolute Gasteiger partial charge is 0.224 e. The molecule has 1 saturated heterocycles. The van der Waals surface area contributed by atoms with Crippen molar-refractivity contribution in [3.63, 3.8) is 0 Å².